The minimum Gasteiger partial charge on any atom is -0.488 e. The highest BCUT2D eigenvalue weighted by Crippen LogP contribution is 2.46. The van der Waals surface area contributed by atoms with Crippen LogP contribution in [0, 0.1) is 5.82 Å². The molecule has 1 unspecified atom stereocenters. The average Bonchev–Trinajstić information content (AvgIpc) is 2.87. The van der Waals surface area contributed by atoms with E-state index in [1.807, 2.05) is 38.9 Å². The second-order valence-electron chi connectivity index (χ2n) is 10.3. The molecule has 2 aliphatic rings. The largest absolute Gasteiger partial charge is 0.488 e. The van der Waals surface area contributed by atoms with E-state index < -0.39 is 0 Å². The molecule has 0 spiro atoms. The molecule has 0 N–H and O–H groups in total. The van der Waals surface area contributed by atoms with Gasteiger partial charge in [-0.25, -0.2) is 9.18 Å². The Bertz CT molecular complexity index is 1470. The van der Waals surface area contributed by atoms with Crippen LogP contribution < -0.4 is 15.3 Å². The van der Waals surface area contributed by atoms with Crippen molar-refractivity contribution in [2.45, 2.75) is 32.0 Å². The van der Waals surface area contributed by atoms with Gasteiger partial charge in [-0.2, -0.15) is 4.98 Å². The van der Waals surface area contributed by atoms with Crippen LogP contribution in [0.15, 0.2) is 47.8 Å². The predicted octanol–water partition coefficient (Wildman–Crippen LogP) is 3.96. The lowest BCUT2D eigenvalue weighted by Crippen LogP contribution is -2.58. The summed E-state index contributed by atoms with van der Waals surface area (Å²) in [5, 5.41) is 1.11. The first-order valence-corrected chi connectivity index (χ1v) is 13.0. The Morgan fingerprint density at radius 1 is 1.24 bits per heavy atom. The molecule has 10 heteroatoms. The first-order chi connectivity index (χ1) is 18.1. The van der Waals surface area contributed by atoms with Gasteiger partial charge in [-0.15, -0.1) is 0 Å². The molecule has 3 atom stereocenters. The molecule has 38 heavy (non-hydrogen) atoms. The maximum Gasteiger partial charge on any atom is 0.350 e. The summed E-state index contributed by atoms with van der Waals surface area (Å²) in [6.45, 7) is 9.39. The van der Waals surface area contributed by atoms with Crippen molar-refractivity contribution in [1.82, 2.24) is 19.4 Å². The monoisotopic (exact) mass is 539 g/mol. The van der Waals surface area contributed by atoms with Crippen LogP contribution in [-0.2, 0) is 4.79 Å². The first-order valence-electron chi connectivity index (χ1n) is 12.6. The summed E-state index contributed by atoms with van der Waals surface area (Å²) in [5.74, 6) is 0.512. The minimum absolute atomic E-state index is 0.110. The van der Waals surface area contributed by atoms with Crippen molar-refractivity contribution >= 4 is 34.2 Å². The van der Waals surface area contributed by atoms with Crippen molar-refractivity contribution < 1.29 is 13.9 Å². The lowest BCUT2D eigenvalue weighted by atomic mass is 9.99. The summed E-state index contributed by atoms with van der Waals surface area (Å²) in [6, 6.07) is 7.39. The number of rotatable bonds is 5. The Morgan fingerprint density at radius 2 is 1.95 bits per heavy atom. The summed E-state index contributed by atoms with van der Waals surface area (Å²) in [4.78, 5) is 36.5. The smallest absolute Gasteiger partial charge is 0.350 e. The van der Waals surface area contributed by atoms with E-state index in [9.17, 15) is 14.0 Å². The highest BCUT2D eigenvalue weighted by atomic mass is 35.5. The molecule has 2 aliphatic heterocycles. The number of amides is 1. The fraction of sp³-hybridized carbons (Fsp3) is 0.393. The van der Waals surface area contributed by atoms with E-state index in [4.69, 9.17) is 16.3 Å². The van der Waals surface area contributed by atoms with Crippen molar-refractivity contribution in [2.75, 3.05) is 45.2 Å². The molecule has 3 aromatic rings. The Labute approximate surface area is 225 Å². The second-order valence-corrected chi connectivity index (χ2v) is 10.7. The van der Waals surface area contributed by atoms with Gasteiger partial charge in [-0.1, -0.05) is 30.3 Å². The molecule has 1 aromatic heterocycles. The number of likely N-dealkylation sites (N-methyl/N-ethyl adjacent to an activating group) is 1. The number of halogens is 2. The Hall–Kier alpha value is -3.43. The number of benzene rings is 2. The highest BCUT2D eigenvalue weighted by Gasteiger charge is 2.36. The molecule has 1 saturated heterocycles. The van der Waals surface area contributed by atoms with Gasteiger partial charge in [0, 0.05) is 42.7 Å². The number of carbonyl (C=O) groups is 1. The topological polar surface area (TPSA) is 70.9 Å². The number of hydrogen-bond acceptors (Lipinski definition) is 6. The van der Waals surface area contributed by atoms with Crippen molar-refractivity contribution in [3.05, 3.63) is 64.3 Å². The third-order valence-corrected chi connectivity index (χ3v) is 7.60. The normalized spacial score (nSPS) is 21.1. The van der Waals surface area contributed by atoms with Gasteiger partial charge in [0.05, 0.1) is 16.6 Å². The second kappa shape index (κ2) is 10.0. The maximum atomic E-state index is 13.7. The molecular formula is C28H31ClFN5O3. The molecule has 8 nitrogen and oxygen atoms in total. The van der Waals surface area contributed by atoms with Gasteiger partial charge in [0.1, 0.15) is 18.2 Å². The summed E-state index contributed by atoms with van der Waals surface area (Å²) >= 11 is 6.88. The number of hydrogen-bond donors (Lipinski definition) is 0. The molecule has 2 aromatic carbocycles. The zero-order valence-electron chi connectivity index (χ0n) is 21.9. The van der Waals surface area contributed by atoms with E-state index in [1.54, 1.807) is 21.6 Å². The third-order valence-electron chi connectivity index (χ3n) is 7.31. The molecule has 5 rings (SSSR count). The Balaban J connectivity index is 1.74. The molecule has 0 saturated carbocycles. The van der Waals surface area contributed by atoms with E-state index in [0.717, 1.165) is 0 Å². The summed E-state index contributed by atoms with van der Waals surface area (Å²) in [5.41, 5.74) is 1.54. The lowest BCUT2D eigenvalue weighted by Gasteiger charge is -2.45. The number of nitrogens with zero attached hydrogens (tertiary/aromatic N) is 5. The van der Waals surface area contributed by atoms with E-state index >= 15 is 0 Å². The van der Waals surface area contributed by atoms with Gasteiger partial charge >= 0.3 is 5.69 Å². The van der Waals surface area contributed by atoms with Crippen molar-refractivity contribution in [2.24, 2.45) is 0 Å². The van der Waals surface area contributed by atoms with Crippen LogP contribution in [0.5, 0.6) is 5.75 Å². The number of ether oxygens (including phenoxy) is 1. The number of aromatic nitrogens is 2. The number of piperazine rings is 1. The first kappa shape index (κ1) is 26.2. The van der Waals surface area contributed by atoms with Crippen LogP contribution in [0.1, 0.15) is 19.9 Å². The third kappa shape index (κ3) is 4.43. The van der Waals surface area contributed by atoms with Crippen LogP contribution in [-0.4, -0.2) is 77.7 Å². The van der Waals surface area contributed by atoms with Gasteiger partial charge in [0.2, 0.25) is 5.91 Å². The van der Waals surface area contributed by atoms with Crippen LogP contribution in [0.2, 0.25) is 5.02 Å². The van der Waals surface area contributed by atoms with Gasteiger partial charge in [-0.3, -0.25) is 9.36 Å². The molecule has 1 fully saturated rings. The maximum absolute atomic E-state index is 13.7. The molecule has 3 heterocycles. The minimum atomic E-state index is -0.374. The van der Waals surface area contributed by atoms with Crippen molar-refractivity contribution in [3.63, 3.8) is 0 Å². The average molecular weight is 540 g/mol. The summed E-state index contributed by atoms with van der Waals surface area (Å²) in [7, 11) is 3.89. The van der Waals surface area contributed by atoms with E-state index in [0.29, 0.717) is 58.3 Å². The summed E-state index contributed by atoms with van der Waals surface area (Å²) < 4.78 is 21.7. The van der Waals surface area contributed by atoms with Gasteiger partial charge in [0.15, 0.2) is 5.75 Å². The standard InChI is InChI=1S/C28H31ClFN5O3/c1-6-23(36)33-12-17(3)34(13-16(33)2)27-21-11-22(29)24(18-7-9-19(30)10-8-18)26-25(21)35(28(37)31-27)20(15-38-26)14-32(4)5/h6-11,16-17,20H,1,12-15H2,2-5H3/t16-,17+,20?/m1/s1. The van der Waals surface area contributed by atoms with Crippen LogP contribution in [0.25, 0.3) is 22.0 Å². The van der Waals surface area contributed by atoms with Gasteiger partial charge < -0.3 is 19.4 Å². The Kier molecular flexibility index (Phi) is 6.92. The Morgan fingerprint density at radius 3 is 2.61 bits per heavy atom. The SMILES string of the molecule is C=CC(=O)N1C[C@H](C)N(c2nc(=O)n3c4c(c(-c5ccc(F)cc5)c(Cl)cc24)OCC3CN(C)C)C[C@H]1C. The fourth-order valence-electron chi connectivity index (χ4n) is 5.57. The van der Waals surface area contributed by atoms with Gasteiger partial charge in [0.25, 0.3) is 0 Å². The molecule has 0 aliphatic carbocycles. The van der Waals surface area contributed by atoms with Crippen LogP contribution >= 0.6 is 11.6 Å². The van der Waals surface area contributed by atoms with E-state index in [2.05, 4.69) is 16.5 Å². The molecule has 0 bridgehead atoms. The van der Waals surface area contributed by atoms with Crippen molar-refractivity contribution in [1.29, 1.82) is 0 Å². The van der Waals surface area contributed by atoms with E-state index in [1.165, 1.54) is 18.2 Å². The number of carbonyl (C=O) groups excluding carboxylic acids is 1. The van der Waals surface area contributed by atoms with E-state index in [-0.39, 0.29) is 42.1 Å². The van der Waals surface area contributed by atoms with Crippen LogP contribution in [0.3, 0.4) is 0 Å². The molecule has 200 valence electrons. The van der Waals surface area contributed by atoms with Crippen molar-refractivity contribution in [3.8, 4) is 16.9 Å². The predicted molar refractivity (Wildman–Crippen MR) is 148 cm³/mol. The zero-order chi connectivity index (χ0) is 27.3. The molecule has 0 radical (unpaired) electrons. The molecular weight excluding hydrogens is 509 g/mol. The highest BCUT2D eigenvalue weighted by molar-refractivity contribution is 6.35. The quantitative estimate of drug-likeness (QED) is 0.457. The number of anilines is 1. The van der Waals surface area contributed by atoms with Crippen LogP contribution in [0.4, 0.5) is 10.2 Å². The fourth-order valence-corrected chi connectivity index (χ4v) is 5.87. The molecule has 1 amide bonds. The summed E-state index contributed by atoms with van der Waals surface area (Å²) in [6.07, 6.45) is 1.32. The lowest BCUT2D eigenvalue weighted by molar-refractivity contribution is -0.128. The zero-order valence-corrected chi connectivity index (χ0v) is 22.7. The van der Waals surface area contributed by atoms with Gasteiger partial charge in [-0.05, 0) is 57.8 Å².